The van der Waals surface area contributed by atoms with Crippen LogP contribution in [-0.4, -0.2) is 32.8 Å². The molecule has 6 nitrogen and oxygen atoms in total. The summed E-state index contributed by atoms with van der Waals surface area (Å²) in [6.45, 7) is 5.56. The quantitative estimate of drug-likeness (QED) is 0.354. The number of H-pyrrole nitrogens is 1. The minimum atomic E-state index is -0.330. The summed E-state index contributed by atoms with van der Waals surface area (Å²) in [5, 5.41) is 8.98. The van der Waals surface area contributed by atoms with E-state index in [1.54, 1.807) is 16.8 Å². The van der Waals surface area contributed by atoms with Gasteiger partial charge in [-0.2, -0.15) is 9.61 Å². The number of anilines is 1. The summed E-state index contributed by atoms with van der Waals surface area (Å²) in [6.07, 6.45) is 7.44. The molecule has 0 saturated carbocycles. The van der Waals surface area contributed by atoms with E-state index in [4.69, 9.17) is 0 Å². The summed E-state index contributed by atoms with van der Waals surface area (Å²) < 4.78 is 15.2. The average Bonchev–Trinajstić information content (AvgIpc) is 3.34. The number of aliphatic imine (C=N–C) groups is 1. The SMILES string of the molecule is C=N/C=C(\C=C(/C)F)c1cc(NCCc2c[nH]c3ccccc23)n2nccc2n1. The fourth-order valence-corrected chi connectivity index (χ4v) is 3.34. The Bertz CT molecular complexity index is 1230. The van der Waals surface area contributed by atoms with Crippen molar-refractivity contribution in [1.82, 2.24) is 19.6 Å². The van der Waals surface area contributed by atoms with Crippen LogP contribution in [0, 0.1) is 0 Å². The number of hydrogen-bond acceptors (Lipinski definition) is 4. The van der Waals surface area contributed by atoms with Crippen LogP contribution in [0.15, 0.2) is 71.9 Å². The molecule has 7 heteroatoms. The lowest BCUT2D eigenvalue weighted by atomic mass is 10.1. The van der Waals surface area contributed by atoms with Gasteiger partial charge in [0.15, 0.2) is 5.65 Å². The second-order valence-corrected chi connectivity index (χ2v) is 6.66. The molecule has 0 fully saturated rings. The topological polar surface area (TPSA) is 70.4 Å². The van der Waals surface area contributed by atoms with Gasteiger partial charge in [-0.25, -0.2) is 9.37 Å². The molecule has 29 heavy (non-hydrogen) atoms. The molecule has 4 rings (SSSR count). The molecule has 0 saturated heterocycles. The van der Waals surface area contributed by atoms with Crippen LogP contribution in [0.3, 0.4) is 0 Å². The molecule has 1 aromatic carbocycles. The van der Waals surface area contributed by atoms with E-state index in [-0.39, 0.29) is 5.83 Å². The van der Waals surface area contributed by atoms with Gasteiger partial charge in [0.25, 0.3) is 0 Å². The van der Waals surface area contributed by atoms with Crippen LogP contribution in [0.2, 0.25) is 0 Å². The van der Waals surface area contributed by atoms with E-state index in [1.807, 2.05) is 24.4 Å². The van der Waals surface area contributed by atoms with Gasteiger partial charge in [-0.1, -0.05) is 18.2 Å². The monoisotopic (exact) mass is 388 g/mol. The number of halogens is 1. The van der Waals surface area contributed by atoms with Crippen LogP contribution in [0.5, 0.6) is 0 Å². The molecule has 0 bridgehead atoms. The van der Waals surface area contributed by atoms with E-state index in [2.05, 4.69) is 44.2 Å². The second kappa shape index (κ2) is 8.10. The number of benzene rings is 1. The van der Waals surface area contributed by atoms with E-state index < -0.39 is 0 Å². The third-order valence-electron chi connectivity index (χ3n) is 4.62. The summed E-state index contributed by atoms with van der Waals surface area (Å²) in [6, 6.07) is 11.9. The highest BCUT2D eigenvalue weighted by Crippen LogP contribution is 2.22. The molecule has 0 aliphatic carbocycles. The number of fused-ring (bicyclic) bond motifs is 2. The average molecular weight is 388 g/mol. The maximum Gasteiger partial charge on any atom is 0.157 e. The van der Waals surface area contributed by atoms with Crippen molar-refractivity contribution in [2.24, 2.45) is 4.99 Å². The molecule has 0 aliphatic heterocycles. The molecule has 2 N–H and O–H groups in total. The predicted molar refractivity (Wildman–Crippen MR) is 116 cm³/mol. The fraction of sp³-hybridized carbons (Fsp3) is 0.136. The number of hydrogen-bond donors (Lipinski definition) is 2. The van der Waals surface area contributed by atoms with Crippen LogP contribution in [0.4, 0.5) is 10.2 Å². The van der Waals surface area contributed by atoms with Crippen LogP contribution in [0.1, 0.15) is 18.2 Å². The Labute approximate surface area is 167 Å². The van der Waals surface area contributed by atoms with Crippen LogP contribution in [0.25, 0.3) is 22.1 Å². The summed E-state index contributed by atoms with van der Waals surface area (Å²) in [4.78, 5) is 11.6. The van der Waals surface area contributed by atoms with Gasteiger partial charge in [0.05, 0.1) is 17.7 Å². The lowest BCUT2D eigenvalue weighted by molar-refractivity contribution is 0.641. The minimum absolute atomic E-state index is 0.330. The van der Waals surface area contributed by atoms with Crippen molar-refractivity contribution in [3.63, 3.8) is 0 Å². The molecular weight excluding hydrogens is 367 g/mol. The van der Waals surface area contributed by atoms with Crippen molar-refractivity contribution < 1.29 is 4.39 Å². The molecule has 0 amide bonds. The van der Waals surface area contributed by atoms with Crippen LogP contribution >= 0.6 is 0 Å². The van der Waals surface area contributed by atoms with Gasteiger partial charge in [0.2, 0.25) is 0 Å². The van der Waals surface area contributed by atoms with E-state index in [1.165, 1.54) is 30.1 Å². The maximum absolute atomic E-state index is 13.5. The standard InChI is InChI=1S/C22H21FN6/c1-15(23)11-17(13-24-2)20-12-22(29-21(28-20)8-10-27-29)25-9-7-16-14-26-19-6-4-3-5-18(16)19/h3-6,8,10-14,25-26H,2,7,9H2,1H3/b15-11+,17-13+. The summed E-state index contributed by atoms with van der Waals surface area (Å²) in [5.41, 5.74) is 4.17. The lowest BCUT2D eigenvalue weighted by Gasteiger charge is -2.11. The Morgan fingerprint density at radius 2 is 2.21 bits per heavy atom. The Hall–Kier alpha value is -3.74. The first kappa shape index (κ1) is 18.6. The molecule has 0 radical (unpaired) electrons. The van der Waals surface area contributed by atoms with Crippen molar-refractivity contribution in [2.75, 3.05) is 11.9 Å². The second-order valence-electron chi connectivity index (χ2n) is 6.66. The Morgan fingerprint density at radius 3 is 3.03 bits per heavy atom. The number of para-hydroxylation sites is 1. The lowest BCUT2D eigenvalue weighted by Crippen LogP contribution is -2.10. The van der Waals surface area contributed by atoms with Gasteiger partial charge in [-0.3, -0.25) is 4.99 Å². The van der Waals surface area contributed by atoms with Gasteiger partial charge < -0.3 is 10.3 Å². The van der Waals surface area contributed by atoms with E-state index in [0.717, 1.165) is 17.8 Å². The van der Waals surface area contributed by atoms with Crippen LogP contribution < -0.4 is 5.32 Å². The van der Waals surface area contributed by atoms with Crippen molar-refractivity contribution in [3.8, 4) is 0 Å². The zero-order valence-electron chi connectivity index (χ0n) is 16.1. The van der Waals surface area contributed by atoms with E-state index in [0.29, 0.717) is 23.5 Å². The maximum atomic E-state index is 13.5. The zero-order chi connectivity index (χ0) is 20.2. The highest BCUT2D eigenvalue weighted by Gasteiger charge is 2.10. The van der Waals surface area contributed by atoms with Crippen molar-refractivity contribution in [3.05, 3.63) is 78.2 Å². The number of allylic oxidation sites excluding steroid dienone is 3. The summed E-state index contributed by atoms with van der Waals surface area (Å²) >= 11 is 0. The smallest absolute Gasteiger partial charge is 0.157 e. The van der Waals surface area contributed by atoms with Crippen LogP contribution in [-0.2, 0) is 6.42 Å². The summed E-state index contributed by atoms with van der Waals surface area (Å²) in [7, 11) is 0. The summed E-state index contributed by atoms with van der Waals surface area (Å²) in [5.74, 6) is 0.443. The molecule has 146 valence electrons. The Balaban J connectivity index is 1.61. The predicted octanol–water partition coefficient (Wildman–Crippen LogP) is 4.78. The van der Waals surface area contributed by atoms with Crippen molar-refractivity contribution in [1.29, 1.82) is 0 Å². The highest BCUT2D eigenvalue weighted by atomic mass is 19.1. The first-order valence-corrected chi connectivity index (χ1v) is 9.29. The highest BCUT2D eigenvalue weighted by molar-refractivity contribution is 5.83. The molecule has 0 atom stereocenters. The molecule has 0 unspecified atom stereocenters. The fourth-order valence-electron chi connectivity index (χ4n) is 3.34. The normalized spacial score (nSPS) is 12.6. The van der Waals surface area contributed by atoms with E-state index >= 15 is 0 Å². The van der Waals surface area contributed by atoms with Crippen molar-refractivity contribution in [2.45, 2.75) is 13.3 Å². The minimum Gasteiger partial charge on any atom is -0.370 e. The number of aromatic amines is 1. The zero-order valence-corrected chi connectivity index (χ0v) is 16.1. The number of nitrogens with one attached hydrogen (secondary N) is 2. The molecular formula is C22H21FN6. The third-order valence-corrected chi connectivity index (χ3v) is 4.62. The number of aromatic nitrogens is 4. The van der Waals surface area contributed by atoms with Gasteiger partial charge in [0, 0.05) is 47.6 Å². The first-order chi connectivity index (χ1) is 14.2. The van der Waals surface area contributed by atoms with Crippen molar-refractivity contribution >= 4 is 34.7 Å². The molecule has 3 heterocycles. The van der Waals surface area contributed by atoms with Gasteiger partial charge in [-0.05, 0) is 37.8 Å². The largest absolute Gasteiger partial charge is 0.370 e. The first-order valence-electron chi connectivity index (χ1n) is 9.29. The third kappa shape index (κ3) is 3.94. The van der Waals surface area contributed by atoms with Gasteiger partial charge in [-0.15, -0.1) is 0 Å². The number of nitrogens with zero attached hydrogens (tertiary/aromatic N) is 4. The molecule has 0 spiro atoms. The molecule has 4 aromatic rings. The molecule has 0 aliphatic rings. The molecule has 3 aromatic heterocycles. The van der Waals surface area contributed by atoms with Gasteiger partial charge in [0.1, 0.15) is 5.82 Å². The van der Waals surface area contributed by atoms with Gasteiger partial charge >= 0.3 is 0 Å². The Kier molecular flexibility index (Phi) is 5.20. The Morgan fingerprint density at radius 1 is 1.34 bits per heavy atom. The van der Waals surface area contributed by atoms with E-state index in [9.17, 15) is 4.39 Å². The number of rotatable bonds is 7.